The zero-order valence-corrected chi connectivity index (χ0v) is 31.5. The van der Waals surface area contributed by atoms with Crippen molar-refractivity contribution in [2.75, 3.05) is 37.7 Å². The lowest BCUT2D eigenvalue weighted by atomic mass is 9.95. The molecule has 4 fully saturated rings. The van der Waals surface area contributed by atoms with Gasteiger partial charge in [0.2, 0.25) is 0 Å². The smallest absolute Gasteiger partial charge is 0.319 e. The number of hydrogen-bond acceptors (Lipinski definition) is 10. The third-order valence-electron chi connectivity index (χ3n) is 11.3. The van der Waals surface area contributed by atoms with Crippen LogP contribution in [0.3, 0.4) is 0 Å². The minimum Gasteiger partial charge on any atom is -0.508 e. The highest BCUT2D eigenvalue weighted by Gasteiger charge is 2.50. The summed E-state index contributed by atoms with van der Waals surface area (Å²) < 4.78 is 68.8. The van der Waals surface area contributed by atoms with Crippen LogP contribution >= 0.6 is 27.3 Å². The number of carbonyl (C=O) groups excluding carboxylic acids is 1. The van der Waals surface area contributed by atoms with Crippen molar-refractivity contribution in [1.82, 2.24) is 29.7 Å². The highest BCUT2D eigenvalue weighted by atomic mass is 79.9. The molecular formula is C39H32BrF4N7O3S. The highest BCUT2D eigenvalue weighted by Crippen LogP contribution is 2.43. The number of phenols is 1. The number of alkyl halides is 1. The van der Waals surface area contributed by atoms with Crippen LogP contribution in [0.25, 0.3) is 39.0 Å². The fraction of sp³-hybridized carbons (Fsp3) is 0.359. The number of terminal acetylenes is 1. The molecule has 4 aliphatic rings. The summed E-state index contributed by atoms with van der Waals surface area (Å²) in [6.07, 6.45) is 10.4. The van der Waals surface area contributed by atoms with Gasteiger partial charge in [0.25, 0.3) is 5.91 Å². The molecule has 2 unspecified atom stereocenters. The van der Waals surface area contributed by atoms with E-state index in [9.17, 15) is 18.7 Å². The summed E-state index contributed by atoms with van der Waals surface area (Å²) in [4.78, 5) is 37.0. The first-order chi connectivity index (χ1) is 26.5. The molecule has 4 aliphatic heterocycles. The molecule has 9 rings (SSSR count). The maximum Gasteiger partial charge on any atom is 0.319 e. The van der Waals surface area contributed by atoms with Crippen LogP contribution in [-0.2, 0) is 4.79 Å². The Bertz CT molecular complexity index is 2460. The second kappa shape index (κ2) is 13.7. The van der Waals surface area contributed by atoms with Crippen LogP contribution in [0.2, 0.25) is 0 Å². The topological polar surface area (TPSA) is 108 Å². The maximum atomic E-state index is 17.1. The Morgan fingerprint density at radius 2 is 1.96 bits per heavy atom. The monoisotopic (exact) mass is 833 g/mol. The summed E-state index contributed by atoms with van der Waals surface area (Å²) in [7, 11) is 0. The molecule has 0 saturated carbocycles. The lowest BCUT2D eigenvalue weighted by Gasteiger charge is -2.41. The van der Waals surface area contributed by atoms with Gasteiger partial charge < -0.3 is 19.6 Å². The fourth-order valence-corrected chi connectivity index (χ4v) is 10.1. The van der Waals surface area contributed by atoms with E-state index in [0.717, 1.165) is 25.5 Å². The second-order valence-electron chi connectivity index (χ2n) is 14.5. The molecule has 282 valence electrons. The third kappa shape index (κ3) is 6.16. The first-order valence-corrected chi connectivity index (χ1v) is 19.6. The maximum absolute atomic E-state index is 17.1. The Balaban J connectivity index is 1.12. The number of ether oxygens (including phenoxy) is 1. The molecule has 2 aromatic carbocycles. The summed E-state index contributed by atoms with van der Waals surface area (Å²) in [5.41, 5.74) is -0.959. The number of carbonyl (C=O) groups is 1. The van der Waals surface area contributed by atoms with Gasteiger partial charge in [-0.1, -0.05) is 12.0 Å². The minimum absolute atomic E-state index is 0.0651. The average molecular weight is 835 g/mol. The number of fused-ring (bicyclic) bond motifs is 5. The van der Waals surface area contributed by atoms with Crippen molar-refractivity contribution in [3.05, 3.63) is 68.5 Å². The van der Waals surface area contributed by atoms with Crippen molar-refractivity contribution in [3.63, 3.8) is 0 Å². The molecular weight excluding hydrogens is 802 g/mol. The highest BCUT2D eigenvalue weighted by molar-refractivity contribution is 9.10. The molecule has 7 heterocycles. The van der Waals surface area contributed by atoms with Crippen molar-refractivity contribution < 1.29 is 32.2 Å². The molecule has 55 heavy (non-hydrogen) atoms. The van der Waals surface area contributed by atoms with E-state index in [1.165, 1.54) is 41.8 Å². The van der Waals surface area contributed by atoms with Gasteiger partial charge in [0.1, 0.15) is 51.0 Å². The molecule has 5 aromatic rings. The molecule has 1 N–H and O–H groups in total. The number of pyridine rings is 1. The van der Waals surface area contributed by atoms with Crippen LogP contribution in [0.15, 0.2) is 46.3 Å². The molecule has 16 heteroatoms. The predicted molar refractivity (Wildman–Crippen MR) is 203 cm³/mol. The Morgan fingerprint density at radius 3 is 2.71 bits per heavy atom. The van der Waals surface area contributed by atoms with Gasteiger partial charge in [-0.05, 0) is 71.7 Å². The number of aromatic hydroxyl groups is 1. The lowest BCUT2D eigenvalue weighted by molar-refractivity contribution is -0.131. The number of aromatic nitrogens is 4. The van der Waals surface area contributed by atoms with E-state index in [4.69, 9.17) is 16.1 Å². The average Bonchev–Trinajstić information content (AvgIpc) is 3.90. The fourth-order valence-electron chi connectivity index (χ4n) is 8.95. The van der Waals surface area contributed by atoms with Gasteiger partial charge in [-0.2, -0.15) is 9.97 Å². The Labute approximate surface area is 325 Å². The first kappa shape index (κ1) is 35.8. The summed E-state index contributed by atoms with van der Waals surface area (Å²) in [6.45, 7) is 1.68. The van der Waals surface area contributed by atoms with Crippen LogP contribution in [-0.4, -0.2) is 97.3 Å². The number of hydrogen-bond donors (Lipinski definition) is 1. The molecule has 0 radical (unpaired) electrons. The normalized spacial score (nSPS) is 23.9. The quantitative estimate of drug-likeness (QED) is 0.104. The number of amides is 1. The largest absolute Gasteiger partial charge is 0.508 e. The van der Waals surface area contributed by atoms with E-state index < -0.39 is 35.1 Å². The van der Waals surface area contributed by atoms with Gasteiger partial charge in [-0.25, -0.2) is 22.5 Å². The summed E-state index contributed by atoms with van der Waals surface area (Å²) in [5.74, 6) is -0.766. The van der Waals surface area contributed by atoms with Crippen molar-refractivity contribution in [1.29, 1.82) is 0 Å². The van der Waals surface area contributed by atoms with Gasteiger partial charge in [0.15, 0.2) is 11.6 Å². The summed E-state index contributed by atoms with van der Waals surface area (Å²) >= 11 is 4.45. The van der Waals surface area contributed by atoms with Crippen LogP contribution in [0.1, 0.15) is 42.7 Å². The van der Waals surface area contributed by atoms with Crippen molar-refractivity contribution in [3.8, 4) is 35.4 Å². The van der Waals surface area contributed by atoms with Crippen LogP contribution in [0.4, 0.5) is 23.4 Å². The number of anilines is 1. The second-order valence-corrected chi connectivity index (χ2v) is 16.2. The molecule has 3 aromatic heterocycles. The predicted octanol–water partition coefficient (Wildman–Crippen LogP) is 7.17. The van der Waals surface area contributed by atoms with Crippen LogP contribution in [0.5, 0.6) is 11.8 Å². The lowest BCUT2D eigenvalue weighted by Crippen LogP contribution is -2.56. The number of nitrogens with zero attached hydrogens (tertiary/aromatic N) is 7. The standard InChI is InChI=1S/C39H32BrF4N7O3S/c1-2-25-28(42)7-4-20-10-24(52)11-26(32(20)25)34-33(44)35-27(14-45-34)36(48-38(47-35)54-19-39-8-3-9-50(39)15-21(41)13-39)49-16-22-5-6-23(17-49)51(22)37(53)29(43)12-31-46-30(40)18-55-31/h1,4,7,10-12,14,18,21-23,52H,3,5-6,8-9,13,15-17,19H2/b29-12-/t21-,22?,23?,39+/m1/s1. The van der Waals surface area contributed by atoms with Crippen LogP contribution in [0, 0.1) is 24.0 Å². The van der Waals surface area contributed by atoms with E-state index in [0.29, 0.717) is 46.6 Å². The van der Waals surface area contributed by atoms with E-state index in [1.807, 2.05) is 4.90 Å². The van der Waals surface area contributed by atoms with Gasteiger partial charge in [-0.3, -0.25) is 14.7 Å². The number of thiazole rings is 1. The summed E-state index contributed by atoms with van der Waals surface area (Å²) in [6, 6.07) is 4.42. The van der Waals surface area contributed by atoms with Crippen molar-refractivity contribution in [2.24, 2.45) is 0 Å². The molecule has 2 bridgehead atoms. The van der Waals surface area contributed by atoms with Gasteiger partial charge in [-0.15, -0.1) is 17.8 Å². The van der Waals surface area contributed by atoms with E-state index >= 15 is 8.78 Å². The minimum atomic E-state index is -0.990. The van der Waals surface area contributed by atoms with Gasteiger partial charge in [0.05, 0.1) is 28.6 Å². The zero-order chi connectivity index (χ0) is 38.2. The van der Waals surface area contributed by atoms with Crippen molar-refractivity contribution >= 4 is 66.7 Å². The molecule has 0 spiro atoms. The van der Waals surface area contributed by atoms with Crippen LogP contribution < -0.4 is 9.64 Å². The third-order valence-corrected chi connectivity index (χ3v) is 12.8. The van der Waals surface area contributed by atoms with Gasteiger partial charge >= 0.3 is 6.01 Å². The first-order valence-electron chi connectivity index (χ1n) is 17.9. The number of phenolic OH excluding ortho intramolecular Hbond substituents is 1. The Kier molecular flexibility index (Phi) is 8.93. The van der Waals surface area contributed by atoms with E-state index in [2.05, 4.69) is 41.7 Å². The molecule has 10 nitrogen and oxygen atoms in total. The van der Waals surface area contributed by atoms with E-state index in [-0.39, 0.29) is 76.7 Å². The molecule has 1 amide bonds. The molecule has 4 saturated heterocycles. The number of benzene rings is 2. The molecule has 0 aliphatic carbocycles. The van der Waals surface area contributed by atoms with Crippen molar-refractivity contribution in [2.45, 2.75) is 55.9 Å². The zero-order valence-electron chi connectivity index (χ0n) is 29.1. The Morgan fingerprint density at radius 1 is 1.16 bits per heavy atom. The number of piperazine rings is 1. The summed E-state index contributed by atoms with van der Waals surface area (Å²) in [5, 5.41) is 13.5. The Hall–Kier alpha value is -4.85. The van der Waals surface area contributed by atoms with Gasteiger partial charge in [0, 0.05) is 54.7 Å². The number of halogens is 5. The molecule has 4 atom stereocenters. The van der Waals surface area contributed by atoms with E-state index in [1.54, 1.807) is 10.3 Å². The number of rotatable bonds is 7. The SMILES string of the molecule is C#Cc1c(F)ccc2cc(O)cc(-c3ncc4c(N5CC6CCC(C5)N6C(=O)/C(F)=C/c5nc(Br)cs5)nc(OC[C@@]56CCCN5C[C@H](F)C6)nc4c3F)c12.